The molecule has 0 bridgehead atoms. The lowest BCUT2D eigenvalue weighted by molar-refractivity contribution is 0.00833. The summed E-state index contributed by atoms with van der Waals surface area (Å²) in [5.74, 6) is 0.925. The molecule has 152 valence electrons. The van der Waals surface area contributed by atoms with Crippen molar-refractivity contribution in [1.82, 2.24) is 4.90 Å². The summed E-state index contributed by atoms with van der Waals surface area (Å²) in [5, 5.41) is 10.5. The Morgan fingerprint density at radius 3 is 2.27 bits per heavy atom. The third-order valence-electron chi connectivity index (χ3n) is 4.23. The lowest BCUT2D eigenvalue weighted by Crippen LogP contribution is -2.48. The predicted octanol–water partition coefficient (Wildman–Crippen LogP) is 3.97. The molecule has 0 aromatic carbocycles. The van der Waals surface area contributed by atoms with Gasteiger partial charge in [-0.05, 0) is 44.9 Å². The maximum absolute atomic E-state index is 12.4. The molecule has 0 aliphatic rings. The van der Waals surface area contributed by atoms with Gasteiger partial charge in [0.1, 0.15) is 5.60 Å². The van der Waals surface area contributed by atoms with Crippen LogP contribution < -0.4 is 5.73 Å². The number of hydrogen-bond acceptors (Lipinski definition) is 4. The number of rotatable bonds is 10. The van der Waals surface area contributed by atoms with Crippen LogP contribution in [0.4, 0.5) is 4.79 Å². The molecule has 1 amide bonds. The highest BCUT2D eigenvalue weighted by atomic mass is 16.6. The van der Waals surface area contributed by atoms with Gasteiger partial charge < -0.3 is 20.5 Å². The standard InChI is InChI=1S/C21H40N2O3/c1-9-10-11-16(4)17(5)12-18(22)19(24)14-23(13-15(2)3)20(25)26-21(6,7)8/h9-11,15-19,24H,1,12-14,22H2,2-8H3/b11-10-/t16-,17?,18+,19?/m1/s1. The van der Waals surface area contributed by atoms with Crippen LogP contribution in [0.5, 0.6) is 0 Å². The van der Waals surface area contributed by atoms with E-state index in [1.807, 2.05) is 40.7 Å². The summed E-state index contributed by atoms with van der Waals surface area (Å²) in [6, 6.07) is -0.401. The van der Waals surface area contributed by atoms with E-state index in [9.17, 15) is 9.90 Å². The van der Waals surface area contributed by atoms with E-state index in [4.69, 9.17) is 10.5 Å². The summed E-state index contributed by atoms with van der Waals surface area (Å²) >= 11 is 0. The molecule has 0 saturated carbocycles. The minimum absolute atomic E-state index is 0.178. The molecule has 0 radical (unpaired) electrons. The Hall–Kier alpha value is -1.33. The Morgan fingerprint density at radius 2 is 1.81 bits per heavy atom. The van der Waals surface area contributed by atoms with E-state index in [1.54, 1.807) is 11.0 Å². The van der Waals surface area contributed by atoms with E-state index in [-0.39, 0.29) is 12.5 Å². The molecule has 5 heteroatoms. The maximum atomic E-state index is 12.4. The topological polar surface area (TPSA) is 75.8 Å². The maximum Gasteiger partial charge on any atom is 0.410 e. The molecule has 0 saturated heterocycles. The first-order valence-electron chi connectivity index (χ1n) is 9.58. The molecule has 0 rings (SSSR count). The van der Waals surface area contributed by atoms with Gasteiger partial charge in [0.15, 0.2) is 0 Å². The number of nitrogens with zero attached hydrogens (tertiary/aromatic N) is 1. The van der Waals surface area contributed by atoms with Gasteiger partial charge in [-0.2, -0.15) is 0 Å². The van der Waals surface area contributed by atoms with Crippen LogP contribution in [0.1, 0.15) is 54.9 Å². The fraction of sp³-hybridized carbons (Fsp3) is 0.762. The Kier molecular flexibility index (Phi) is 10.8. The van der Waals surface area contributed by atoms with Gasteiger partial charge in [-0.25, -0.2) is 4.79 Å². The van der Waals surface area contributed by atoms with Crippen LogP contribution in [0, 0.1) is 17.8 Å². The monoisotopic (exact) mass is 368 g/mol. The number of nitrogens with two attached hydrogens (primary N) is 1. The second kappa shape index (κ2) is 11.4. The molecule has 5 nitrogen and oxygen atoms in total. The van der Waals surface area contributed by atoms with E-state index in [0.717, 1.165) is 0 Å². The number of aliphatic hydroxyl groups is 1. The first-order valence-corrected chi connectivity index (χ1v) is 9.58. The van der Waals surface area contributed by atoms with Crippen molar-refractivity contribution >= 4 is 6.09 Å². The summed E-state index contributed by atoms with van der Waals surface area (Å²) < 4.78 is 5.46. The lowest BCUT2D eigenvalue weighted by Gasteiger charge is -2.32. The van der Waals surface area contributed by atoms with Gasteiger partial charge in [-0.1, -0.05) is 52.5 Å². The van der Waals surface area contributed by atoms with Crippen molar-refractivity contribution in [2.45, 2.75) is 72.6 Å². The first kappa shape index (κ1) is 24.7. The van der Waals surface area contributed by atoms with Crippen molar-refractivity contribution in [2.24, 2.45) is 23.5 Å². The average Bonchev–Trinajstić information content (AvgIpc) is 2.49. The van der Waals surface area contributed by atoms with Crippen molar-refractivity contribution in [3.63, 3.8) is 0 Å². The van der Waals surface area contributed by atoms with Crippen LogP contribution in [0.2, 0.25) is 0 Å². The average molecular weight is 369 g/mol. The van der Waals surface area contributed by atoms with E-state index < -0.39 is 23.8 Å². The number of allylic oxidation sites excluding steroid dienone is 3. The van der Waals surface area contributed by atoms with Crippen LogP contribution in [-0.4, -0.2) is 46.9 Å². The quantitative estimate of drug-likeness (QED) is 0.572. The van der Waals surface area contributed by atoms with Gasteiger partial charge >= 0.3 is 6.09 Å². The van der Waals surface area contributed by atoms with Gasteiger partial charge in [-0.3, -0.25) is 0 Å². The normalized spacial score (nSPS) is 17.0. The van der Waals surface area contributed by atoms with Gasteiger partial charge in [0, 0.05) is 12.6 Å². The lowest BCUT2D eigenvalue weighted by atomic mass is 9.88. The highest BCUT2D eigenvalue weighted by Crippen LogP contribution is 2.20. The molecule has 0 aliphatic heterocycles. The zero-order chi connectivity index (χ0) is 20.5. The largest absolute Gasteiger partial charge is 0.444 e. The fourth-order valence-electron chi connectivity index (χ4n) is 2.60. The number of hydrogen-bond donors (Lipinski definition) is 2. The molecule has 0 aromatic heterocycles. The molecule has 0 aromatic rings. The Bertz CT molecular complexity index is 455. The van der Waals surface area contributed by atoms with Gasteiger partial charge in [-0.15, -0.1) is 0 Å². The van der Waals surface area contributed by atoms with Crippen LogP contribution >= 0.6 is 0 Å². The SMILES string of the molecule is C=C/C=C\[C@@H](C)C(C)C[C@H](N)C(O)CN(CC(C)C)C(=O)OC(C)(C)C. The zero-order valence-corrected chi connectivity index (χ0v) is 17.7. The van der Waals surface area contributed by atoms with Gasteiger partial charge in [0.25, 0.3) is 0 Å². The highest BCUT2D eigenvalue weighted by molar-refractivity contribution is 5.68. The van der Waals surface area contributed by atoms with E-state index >= 15 is 0 Å². The number of amides is 1. The summed E-state index contributed by atoms with van der Waals surface area (Å²) in [5.41, 5.74) is 5.65. The molecule has 0 heterocycles. The van der Waals surface area contributed by atoms with Crippen LogP contribution in [-0.2, 0) is 4.74 Å². The molecule has 0 fully saturated rings. The van der Waals surface area contributed by atoms with Crippen LogP contribution in [0.15, 0.2) is 24.8 Å². The predicted molar refractivity (Wildman–Crippen MR) is 109 cm³/mol. The first-order chi connectivity index (χ1) is 11.9. The second-order valence-corrected chi connectivity index (χ2v) is 8.70. The minimum Gasteiger partial charge on any atom is -0.444 e. The molecule has 0 aliphatic carbocycles. The summed E-state index contributed by atoms with van der Waals surface area (Å²) in [7, 11) is 0. The number of carbonyl (C=O) groups excluding carboxylic acids is 1. The molecule has 26 heavy (non-hydrogen) atoms. The number of carbonyl (C=O) groups is 1. The van der Waals surface area contributed by atoms with E-state index in [1.165, 1.54) is 0 Å². The highest BCUT2D eigenvalue weighted by Gasteiger charge is 2.27. The van der Waals surface area contributed by atoms with Crippen LogP contribution in [0.25, 0.3) is 0 Å². The summed E-state index contributed by atoms with van der Waals surface area (Å²) in [6.45, 7) is 18.2. The minimum atomic E-state index is -0.792. The second-order valence-electron chi connectivity index (χ2n) is 8.70. The summed E-state index contributed by atoms with van der Waals surface area (Å²) in [6.07, 6.45) is 5.24. The molecule has 4 atom stereocenters. The zero-order valence-electron chi connectivity index (χ0n) is 17.7. The third-order valence-corrected chi connectivity index (χ3v) is 4.23. The number of aliphatic hydroxyl groups excluding tert-OH is 1. The molecule has 3 N–H and O–H groups in total. The van der Waals surface area contributed by atoms with Crippen LogP contribution in [0.3, 0.4) is 0 Å². The van der Waals surface area contributed by atoms with Crippen molar-refractivity contribution in [3.05, 3.63) is 24.8 Å². The molecule has 2 unspecified atom stereocenters. The number of ether oxygens (including phenoxy) is 1. The van der Waals surface area contributed by atoms with Crippen molar-refractivity contribution in [1.29, 1.82) is 0 Å². The Morgan fingerprint density at radius 1 is 1.23 bits per heavy atom. The molecular formula is C21H40N2O3. The molecular weight excluding hydrogens is 328 g/mol. The van der Waals surface area contributed by atoms with Crippen molar-refractivity contribution < 1.29 is 14.6 Å². The third kappa shape index (κ3) is 10.6. The molecule has 0 spiro atoms. The van der Waals surface area contributed by atoms with Gasteiger partial charge in [0.2, 0.25) is 0 Å². The summed E-state index contributed by atoms with van der Waals surface area (Å²) in [4.78, 5) is 14.0. The fourth-order valence-corrected chi connectivity index (χ4v) is 2.60. The van der Waals surface area contributed by atoms with E-state index in [0.29, 0.717) is 24.8 Å². The van der Waals surface area contributed by atoms with Crippen molar-refractivity contribution in [3.8, 4) is 0 Å². The van der Waals surface area contributed by atoms with E-state index in [2.05, 4.69) is 26.5 Å². The van der Waals surface area contributed by atoms with Gasteiger partial charge in [0.05, 0.1) is 12.6 Å². The van der Waals surface area contributed by atoms with Crippen molar-refractivity contribution in [2.75, 3.05) is 13.1 Å². The Labute approximate surface area is 160 Å². The Balaban J connectivity index is 4.85. The smallest absolute Gasteiger partial charge is 0.410 e.